The summed E-state index contributed by atoms with van der Waals surface area (Å²) in [5.41, 5.74) is -0.251. The molecule has 0 bridgehead atoms. The van der Waals surface area contributed by atoms with Gasteiger partial charge < -0.3 is 9.72 Å². The predicted octanol–water partition coefficient (Wildman–Crippen LogP) is 2.48. The molecule has 0 aliphatic rings. The number of aromatic amines is 1. The minimum atomic E-state index is -4.85. The lowest BCUT2D eigenvalue weighted by molar-refractivity contribution is -0.275. The first-order chi connectivity index (χ1) is 6.83. The van der Waals surface area contributed by atoms with Crippen LogP contribution in [0, 0.1) is 6.92 Å². The fraction of sp³-hybridized carbons (Fsp3) is 0.375. The van der Waals surface area contributed by atoms with Gasteiger partial charge in [0.05, 0.1) is 0 Å². The highest BCUT2D eigenvalue weighted by atomic mass is 79.9. The molecular weight excluding hydrogens is 279 g/mol. The van der Waals surface area contributed by atoms with Crippen molar-refractivity contribution in [3.05, 3.63) is 27.7 Å². The lowest BCUT2D eigenvalue weighted by atomic mass is 10.2. The molecule has 0 aliphatic carbocycles. The molecule has 1 N–H and O–H groups in total. The molecule has 0 spiro atoms. The molecular formula is C8H7BrF3NO2. The van der Waals surface area contributed by atoms with Crippen LogP contribution in [0.3, 0.4) is 0 Å². The van der Waals surface area contributed by atoms with Crippen LogP contribution in [0.4, 0.5) is 13.2 Å². The zero-order valence-corrected chi connectivity index (χ0v) is 9.20. The minimum absolute atomic E-state index is 0.144. The number of pyridine rings is 1. The Morgan fingerprint density at radius 1 is 1.53 bits per heavy atom. The first kappa shape index (κ1) is 12.1. The average Bonchev–Trinajstić information content (AvgIpc) is 2.09. The summed E-state index contributed by atoms with van der Waals surface area (Å²) in [5.74, 6) is -0.716. The van der Waals surface area contributed by atoms with Crippen molar-refractivity contribution in [3.8, 4) is 5.75 Å². The Kier molecular flexibility index (Phi) is 3.43. The number of rotatable bonds is 2. The molecule has 1 heterocycles. The van der Waals surface area contributed by atoms with Crippen molar-refractivity contribution in [2.75, 3.05) is 0 Å². The van der Waals surface area contributed by atoms with Crippen molar-refractivity contribution in [1.82, 2.24) is 4.98 Å². The molecule has 0 atom stereocenters. The van der Waals surface area contributed by atoms with Crippen molar-refractivity contribution in [2.45, 2.75) is 18.6 Å². The van der Waals surface area contributed by atoms with Crippen molar-refractivity contribution >= 4 is 15.9 Å². The fourth-order valence-electron chi connectivity index (χ4n) is 1.06. The van der Waals surface area contributed by atoms with Crippen LogP contribution in [0.15, 0.2) is 10.9 Å². The molecule has 0 aromatic carbocycles. The molecule has 0 unspecified atom stereocenters. The lowest BCUT2D eigenvalue weighted by Crippen LogP contribution is -2.24. The summed E-state index contributed by atoms with van der Waals surface area (Å²) in [4.78, 5) is 13.5. The van der Waals surface area contributed by atoms with E-state index >= 15 is 0 Å². The number of hydrogen-bond donors (Lipinski definition) is 1. The van der Waals surface area contributed by atoms with E-state index < -0.39 is 17.7 Å². The smallest absolute Gasteiger partial charge is 0.400 e. The second-order valence-corrected chi connectivity index (χ2v) is 3.38. The zero-order chi connectivity index (χ0) is 11.6. The second kappa shape index (κ2) is 4.26. The topological polar surface area (TPSA) is 42.1 Å². The molecule has 0 fully saturated rings. The third kappa shape index (κ3) is 3.26. The Morgan fingerprint density at radius 2 is 2.13 bits per heavy atom. The fourth-order valence-corrected chi connectivity index (χ4v) is 1.36. The summed E-state index contributed by atoms with van der Waals surface area (Å²) < 4.78 is 39.3. The molecule has 1 rings (SSSR count). The SMILES string of the molecule is Cc1cc(CBr)[nH]c(=O)c1OC(F)(F)F. The van der Waals surface area contributed by atoms with Gasteiger partial charge in [0.25, 0.3) is 5.56 Å². The molecule has 1 aromatic heterocycles. The summed E-state index contributed by atoms with van der Waals surface area (Å²) in [6.07, 6.45) is -4.85. The van der Waals surface area contributed by atoms with Gasteiger partial charge in [0.15, 0.2) is 5.75 Å². The van der Waals surface area contributed by atoms with Crippen LogP contribution in [0.25, 0.3) is 0 Å². The van der Waals surface area contributed by atoms with Gasteiger partial charge in [0, 0.05) is 11.0 Å². The highest BCUT2D eigenvalue weighted by molar-refractivity contribution is 9.08. The number of aryl methyl sites for hydroxylation is 1. The van der Waals surface area contributed by atoms with E-state index in [0.717, 1.165) is 0 Å². The van der Waals surface area contributed by atoms with Gasteiger partial charge in [-0.3, -0.25) is 4.79 Å². The first-order valence-corrected chi connectivity index (χ1v) is 5.00. The monoisotopic (exact) mass is 285 g/mol. The summed E-state index contributed by atoms with van der Waals surface area (Å²) in [6, 6.07) is 1.41. The van der Waals surface area contributed by atoms with Crippen LogP contribution in [-0.4, -0.2) is 11.3 Å². The molecule has 15 heavy (non-hydrogen) atoms. The molecule has 84 valence electrons. The van der Waals surface area contributed by atoms with E-state index in [2.05, 4.69) is 25.7 Å². The van der Waals surface area contributed by atoms with Crippen LogP contribution >= 0.6 is 15.9 Å². The van der Waals surface area contributed by atoms with E-state index in [-0.39, 0.29) is 5.56 Å². The van der Waals surface area contributed by atoms with Crippen molar-refractivity contribution in [2.24, 2.45) is 0 Å². The molecule has 7 heteroatoms. The van der Waals surface area contributed by atoms with E-state index in [1.165, 1.54) is 13.0 Å². The summed E-state index contributed by atoms with van der Waals surface area (Å²) in [6.45, 7) is 1.38. The Labute approximate surface area is 91.4 Å². The zero-order valence-electron chi connectivity index (χ0n) is 7.61. The van der Waals surface area contributed by atoms with Gasteiger partial charge in [-0.2, -0.15) is 0 Å². The van der Waals surface area contributed by atoms with Crippen LogP contribution in [-0.2, 0) is 5.33 Å². The Hall–Kier alpha value is -0.980. The lowest BCUT2D eigenvalue weighted by Gasteiger charge is -2.10. The average molecular weight is 286 g/mol. The van der Waals surface area contributed by atoms with E-state index in [9.17, 15) is 18.0 Å². The van der Waals surface area contributed by atoms with E-state index in [4.69, 9.17) is 0 Å². The summed E-state index contributed by atoms with van der Waals surface area (Å²) in [7, 11) is 0. The maximum Gasteiger partial charge on any atom is 0.573 e. The number of alkyl halides is 4. The number of nitrogens with one attached hydrogen (secondary N) is 1. The normalized spacial score (nSPS) is 11.5. The van der Waals surface area contributed by atoms with Crippen LogP contribution in [0.5, 0.6) is 5.75 Å². The van der Waals surface area contributed by atoms with Gasteiger partial charge in [-0.25, -0.2) is 0 Å². The van der Waals surface area contributed by atoms with E-state index in [1.54, 1.807) is 0 Å². The van der Waals surface area contributed by atoms with E-state index in [1.807, 2.05) is 0 Å². The summed E-state index contributed by atoms with van der Waals surface area (Å²) >= 11 is 3.08. The van der Waals surface area contributed by atoms with Gasteiger partial charge in [0.1, 0.15) is 0 Å². The molecule has 0 saturated carbocycles. The van der Waals surface area contributed by atoms with Gasteiger partial charge in [-0.05, 0) is 18.6 Å². The van der Waals surface area contributed by atoms with E-state index in [0.29, 0.717) is 11.0 Å². The Morgan fingerprint density at radius 3 is 2.53 bits per heavy atom. The molecule has 0 saturated heterocycles. The minimum Gasteiger partial charge on any atom is -0.400 e. The number of halogens is 4. The Balaban J connectivity index is 3.15. The third-order valence-electron chi connectivity index (χ3n) is 1.59. The maximum absolute atomic E-state index is 11.9. The number of ether oxygens (including phenoxy) is 1. The van der Waals surface area contributed by atoms with Crippen LogP contribution < -0.4 is 10.3 Å². The molecule has 3 nitrogen and oxygen atoms in total. The van der Waals surface area contributed by atoms with Crippen LogP contribution in [0.1, 0.15) is 11.3 Å². The van der Waals surface area contributed by atoms with Gasteiger partial charge in [-0.1, -0.05) is 15.9 Å². The van der Waals surface area contributed by atoms with Crippen molar-refractivity contribution in [1.29, 1.82) is 0 Å². The number of aromatic nitrogens is 1. The molecule has 0 radical (unpaired) electrons. The summed E-state index contributed by atoms with van der Waals surface area (Å²) in [5, 5.41) is 0.357. The largest absolute Gasteiger partial charge is 0.573 e. The van der Waals surface area contributed by atoms with Crippen LogP contribution in [0.2, 0.25) is 0 Å². The highest BCUT2D eigenvalue weighted by Gasteiger charge is 2.33. The quantitative estimate of drug-likeness (QED) is 0.849. The third-order valence-corrected chi connectivity index (χ3v) is 2.20. The Bertz CT molecular complexity index is 413. The number of hydrogen-bond acceptors (Lipinski definition) is 2. The second-order valence-electron chi connectivity index (χ2n) is 2.82. The van der Waals surface area contributed by atoms with Crippen molar-refractivity contribution in [3.63, 3.8) is 0 Å². The molecule has 0 aliphatic heterocycles. The maximum atomic E-state index is 11.9. The molecule has 1 aromatic rings. The number of H-pyrrole nitrogens is 1. The molecule has 0 amide bonds. The van der Waals surface area contributed by atoms with Gasteiger partial charge in [-0.15, -0.1) is 13.2 Å². The van der Waals surface area contributed by atoms with Gasteiger partial charge >= 0.3 is 6.36 Å². The van der Waals surface area contributed by atoms with Gasteiger partial charge in [0.2, 0.25) is 0 Å². The standard InChI is InChI=1S/C8H7BrF3NO2/c1-4-2-5(3-9)13-7(14)6(4)15-8(10,11)12/h2H,3H2,1H3,(H,13,14). The van der Waals surface area contributed by atoms with Crippen molar-refractivity contribution < 1.29 is 17.9 Å². The first-order valence-electron chi connectivity index (χ1n) is 3.88. The highest BCUT2D eigenvalue weighted by Crippen LogP contribution is 2.22. The predicted molar refractivity (Wildman–Crippen MR) is 51.1 cm³/mol.